The van der Waals surface area contributed by atoms with Crippen LogP contribution in [0.15, 0.2) is 34.4 Å². The number of fused-ring (bicyclic) bond motifs is 1. The van der Waals surface area contributed by atoms with Crippen molar-refractivity contribution in [1.82, 2.24) is 0 Å². The number of hydroxylamine groups is 1. The van der Waals surface area contributed by atoms with Crippen LogP contribution in [0.4, 0.5) is 0 Å². The Morgan fingerprint density at radius 1 is 1.38 bits per heavy atom. The maximum absolute atomic E-state index is 11.2. The summed E-state index contributed by atoms with van der Waals surface area (Å²) in [5.41, 5.74) is 3.06. The maximum Gasteiger partial charge on any atom is 0.198 e. The minimum absolute atomic E-state index is 0.730. The Labute approximate surface area is 82.1 Å². The van der Waals surface area contributed by atoms with Gasteiger partial charge in [-0.1, -0.05) is 23.8 Å². The summed E-state index contributed by atoms with van der Waals surface area (Å²) < 4.78 is 0.921. The molecule has 0 aromatic carbocycles. The molecule has 0 radical (unpaired) electrons. The first-order valence-corrected chi connectivity index (χ1v) is 4.60. The Morgan fingerprint density at radius 2 is 2.15 bits per heavy atom. The van der Waals surface area contributed by atoms with Crippen LogP contribution < -0.4 is 0 Å². The number of hydrogen-bond donors (Lipinski definition) is 0. The van der Waals surface area contributed by atoms with Gasteiger partial charge in [-0.3, -0.25) is 0 Å². The fourth-order valence-electron chi connectivity index (χ4n) is 1.70. The lowest BCUT2D eigenvalue weighted by Crippen LogP contribution is -2.12. The Hall–Kier alpha value is -1.02. The second-order valence-corrected chi connectivity index (χ2v) is 3.67. The fourth-order valence-corrected chi connectivity index (χ4v) is 1.88. The van der Waals surface area contributed by atoms with E-state index >= 15 is 0 Å². The summed E-state index contributed by atoms with van der Waals surface area (Å²) in [5.74, 6) is 0. The molecular formula is C10H10ClNO. The van der Waals surface area contributed by atoms with Gasteiger partial charge in [-0.05, 0) is 18.1 Å². The Morgan fingerprint density at radius 3 is 2.85 bits per heavy atom. The van der Waals surface area contributed by atoms with E-state index in [4.69, 9.17) is 11.6 Å². The van der Waals surface area contributed by atoms with Crippen molar-refractivity contribution in [3.63, 3.8) is 0 Å². The molecule has 0 saturated heterocycles. The van der Waals surface area contributed by atoms with Crippen LogP contribution in [0.25, 0.3) is 0 Å². The van der Waals surface area contributed by atoms with Gasteiger partial charge in [-0.25, -0.2) is 4.74 Å². The zero-order valence-electron chi connectivity index (χ0n) is 7.38. The highest BCUT2D eigenvalue weighted by atomic mass is 35.5. The van der Waals surface area contributed by atoms with E-state index in [1.807, 2.05) is 12.2 Å². The molecule has 0 aromatic rings. The van der Waals surface area contributed by atoms with E-state index in [-0.39, 0.29) is 0 Å². The molecule has 0 N–H and O–H groups in total. The first-order chi connectivity index (χ1) is 6.18. The highest BCUT2D eigenvalue weighted by Gasteiger charge is 2.25. The van der Waals surface area contributed by atoms with E-state index in [0.717, 1.165) is 33.9 Å². The topological polar surface area (TPSA) is 26.1 Å². The Balaban J connectivity index is 2.46. The molecule has 0 saturated carbocycles. The third-order valence-corrected chi connectivity index (χ3v) is 2.64. The molecule has 2 aliphatic rings. The normalized spacial score (nSPS) is 24.6. The Kier molecular flexibility index (Phi) is 2.00. The van der Waals surface area contributed by atoms with Gasteiger partial charge < -0.3 is 5.21 Å². The molecule has 0 unspecified atom stereocenters. The quantitative estimate of drug-likeness (QED) is 0.331. The number of halogens is 1. The predicted molar refractivity (Wildman–Crippen MR) is 53.9 cm³/mol. The molecule has 0 heterocycles. The van der Waals surface area contributed by atoms with Crippen molar-refractivity contribution in [2.24, 2.45) is 0 Å². The molecule has 0 atom stereocenters. The zero-order valence-corrected chi connectivity index (χ0v) is 8.14. The van der Waals surface area contributed by atoms with Crippen molar-refractivity contribution in [2.45, 2.75) is 12.8 Å². The SMILES string of the molecule is C/[N+]([O-])=C1/CC=C2CC=C(Cl)C=C21. The molecule has 0 aromatic heterocycles. The van der Waals surface area contributed by atoms with Gasteiger partial charge >= 0.3 is 0 Å². The smallest absolute Gasteiger partial charge is 0.198 e. The molecule has 3 heteroatoms. The summed E-state index contributed by atoms with van der Waals surface area (Å²) in [6, 6.07) is 0. The number of hydrogen-bond acceptors (Lipinski definition) is 1. The third kappa shape index (κ3) is 1.42. The summed E-state index contributed by atoms with van der Waals surface area (Å²) in [6.45, 7) is 0. The molecule has 13 heavy (non-hydrogen) atoms. The van der Waals surface area contributed by atoms with Crippen LogP contribution in [-0.2, 0) is 0 Å². The molecule has 2 rings (SSSR count). The van der Waals surface area contributed by atoms with Crippen LogP contribution in [0.3, 0.4) is 0 Å². The standard InChI is InChI=1S/C10H10ClNO/c1-12(13)10-5-3-7-2-4-8(11)6-9(7)10/h3-4,6H,2,5H2,1H3/b12-10+. The van der Waals surface area contributed by atoms with Crippen LogP contribution in [0.1, 0.15) is 12.8 Å². The predicted octanol–water partition coefficient (Wildman–Crippen LogP) is 2.35. The summed E-state index contributed by atoms with van der Waals surface area (Å²) in [5, 5.41) is 11.9. The van der Waals surface area contributed by atoms with Crippen molar-refractivity contribution < 1.29 is 4.74 Å². The lowest BCUT2D eigenvalue weighted by atomic mass is 10.00. The van der Waals surface area contributed by atoms with Crippen molar-refractivity contribution in [3.8, 4) is 0 Å². The first-order valence-electron chi connectivity index (χ1n) is 4.22. The van der Waals surface area contributed by atoms with Crippen LogP contribution in [0, 0.1) is 5.21 Å². The minimum Gasteiger partial charge on any atom is -0.624 e. The third-order valence-electron chi connectivity index (χ3n) is 2.38. The molecule has 0 fully saturated rings. The number of allylic oxidation sites excluding steroid dienone is 6. The van der Waals surface area contributed by atoms with Crippen molar-refractivity contribution in [3.05, 3.63) is 39.6 Å². The van der Waals surface area contributed by atoms with Gasteiger partial charge in [0.15, 0.2) is 5.71 Å². The van der Waals surface area contributed by atoms with Crippen LogP contribution in [0.2, 0.25) is 0 Å². The lowest BCUT2D eigenvalue weighted by Gasteiger charge is -2.09. The van der Waals surface area contributed by atoms with Crippen LogP contribution in [-0.4, -0.2) is 17.5 Å². The maximum atomic E-state index is 11.2. The largest absolute Gasteiger partial charge is 0.624 e. The van der Waals surface area contributed by atoms with Gasteiger partial charge in [0.2, 0.25) is 0 Å². The molecule has 0 spiro atoms. The van der Waals surface area contributed by atoms with Crippen LogP contribution >= 0.6 is 11.6 Å². The molecular weight excluding hydrogens is 186 g/mol. The number of rotatable bonds is 0. The van der Waals surface area contributed by atoms with Crippen LogP contribution in [0.5, 0.6) is 0 Å². The first kappa shape index (κ1) is 8.57. The lowest BCUT2D eigenvalue weighted by molar-refractivity contribution is -0.423. The molecule has 0 bridgehead atoms. The second-order valence-electron chi connectivity index (χ2n) is 3.23. The molecule has 0 amide bonds. The van der Waals surface area contributed by atoms with Gasteiger partial charge in [0.05, 0.1) is 6.42 Å². The molecule has 2 nitrogen and oxygen atoms in total. The summed E-state index contributed by atoms with van der Waals surface area (Å²) in [7, 11) is 1.53. The van der Waals surface area contributed by atoms with Crippen molar-refractivity contribution in [1.29, 1.82) is 0 Å². The van der Waals surface area contributed by atoms with Crippen molar-refractivity contribution >= 4 is 17.3 Å². The van der Waals surface area contributed by atoms with Gasteiger partial charge in [-0.2, -0.15) is 0 Å². The van der Waals surface area contributed by atoms with Gasteiger partial charge in [0, 0.05) is 10.6 Å². The molecule has 68 valence electrons. The molecule has 2 aliphatic carbocycles. The van der Waals surface area contributed by atoms with E-state index in [0.29, 0.717) is 0 Å². The van der Waals surface area contributed by atoms with E-state index in [2.05, 4.69) is 6.08 Å². The second kappa shape index (κ2) is 3.04. The van der Waals surface area contributed by atoms with E-state index < -0.39 is 0 Å². The van der Waals surface area contributed by atoms with Crippen molar-refractivity contribution in [2.75, 3.05) is 7.05 Å². The number of nitrogens with zero attached hydrogens (tertiary/aromatic N) is 1. The highest BCUT2D eigenvalue weighted by Crippen LogP contribution is 2.31. The van der Waals surface area contributed by atoms with E-state index in [9.17, 15) is 5.21 Å². The van der Waals surface area contributed by atoms with Gasteiger partial charge in [0.1, 0.15) is 7.05 Å². The fraction of sp³-hybridized carbons (Fsp3) is 0.300. The summed E-state index contributed by atoms with van der Waals surface area (Å²) >= 11 is 5.88. The van der Waals surface area contributed by atoms with E-state index in [1.165, 1.54) is 12.6 Å². The summed E-state index contributed by atoms with van der Waals surface area (Å²) in [6.07, 6.45) is 7.51. The Bertz CT molecular complexity index is 370. The molecule has 0 aliphatic heterocycles. The van der Waals surface area contributed by atoms with Gasteiger partial charge in [-0.15, -0.1) is 0 Å². The summed E-state index contributed by atoms with van der Waals surface area (Å²) in [4.78, 5) is 0. The highest BCUT2D eigenvalue weighted by molar-refractivity contribution is 6.32. The average molecular weight is 196 g/mol. The average Bonchev–Trinajstić information content (AvgIpc) is 2.46. The van der Waals surface area contributed by atoms with E-state index in [1.54, 1.807) is 0 Å². The monoisotopic (exact) mass is 195 g/mol. The van der Waals surface area contributed by atoms with Gasteiger partial charge in [0.25, 0.3) is 0 Å². The zero-order chi connectivity index (χ0) is 9.42. The minimum atomic E-state index is 0.730.